The lowest BCUT2D eigenvalue weighted by Gasteiger charge is -2.40. The van der Waals surface area contributed by atoms with E-state index in [9.17, 15) is 23.1 Å². The van der Waals surface area contributed by atoms with E-state index >= 15 is 0 Å². The van der Waals surface area contributed by atoms with Gasteiger partial charge in [-0.3, -0.25) is 4.79 Å². The lowest BCUT2D eigenvalue weighted by atomic mass is 9.75. The lowest BCUT2D eigenvalue weighted by Crippen LogP contribution is -2.57. The zero-order valence-corrected chi connectivity index (χ0v) is 15.9. The van der Waals surface area contributed by atoms with Crippen LogP contribution >= 0.6 is 0 Å². The third-order valence-electron chi connectivity index (χ3n) is 5.41. The molecule has 2 heterocycles. The summed E-state index contributed by atoms with van der Waals surface area (Å²) >= 11 is 0. The van der Waals surface area contributed by atoms with E-state index < -0.39 is 23.2 Å². The number of alkyl halides is 3. The molecule has 0 radical (unpaired) electrons. The fraction of sp³-hybridized carbons (Fsp3) is 0.667. The summed E-state index contributed by atoms with van der Waals surface area (Å²) in [6.45, 7) is 2.42. The van der Waals surface area contributed by atoms with Gasteiger partial charge in [-0.1, -0.05) is 19.2 Å². The second kappa shape index (κ2) is 8.50. The van der Waals surface area contributed by atoms with E-state index in [1.165, 1.54) is 6.92 Å². The summed E-state index contributed by atoms with van der Waals surface area (Å²) < 4.78 is 39.1. The number of anilines is 1. The van der Waals surface area contributed by atoms with Crippen LogP contribution in [0.5, 0.6) is 0 Å². The van der Waals surface area contributed by atoms with Gasteiger partial charge in [0.1, 0.15) is 19.2 Å². The van der Waals surface area contributed by atoms with Crippen molar-refractivity contribution in [3.8, 4) is 0 Å². The summed E-state index contributed by atoms with van der Waals surface area (Å²) in [7, 11) is 2.04. The second-order valence-corrected chi connectivity index (χ2v) is 7.42. The van der Waals surface area contributed by atoms with Crippen LogP contribution in [0.3, 0.4) is 0 Å². The molecule has 1 atom stereocenters. The van der Waals surface area contributed by atoms with Crippen molar-refractivity contribution in [2.75, 3.05) is 18.0 Å². The molecule has 0 saturated carbocycles. The number of aliphatic carboxylic acids is 1. The highest BCUT2D eigenvalue weighted by Gasteiger charge is 2.43. The van der Waals surface area contributed by atoms with E-state index in [0.717, 1.165) is 31.3 Å². The maximum absolute atomic E-state index is 13.0. The number of hydrogen-bond donors (Lipinski definition) is 2. The molecule has 1 aliphatic heterocycles. The van der Waals surface area contributed by atoms with Gasteiger partial charge in [0.05, 0.1) is 5.56 Å². The monoisotopic (exact) mass is 385 g/mol. The van der Waals surface area contributed by atoms with E-state index in [0.29, 0.717) is 38.0 Å². The largest absolute Gasteiger partial charge is 0.480 e. The Morgan fingerprint density at radius 2 is 1.96 bits per heavy atom. The average Bonchev–Trinajstić information content (AvgIpc) is 2.60. The van der Waals surface area contributed by atoms with Crippen LogP contribution in [-0.4, -0.2) is 42.5 Å². The molecule has 1 aromatic rings. The number of nitrogens with two attached hydrogens (primary N) is 1. The Balaban J connectivity index is 2.10. The number of pyridine rings is 1. The maximum Gasteiger partial charge on any atom is 0.416 e. The summed E-state index contributed by atoms with van der Waals surface area (Å²) in [4.78, 5) is 17.8. The van der Waals surface area contributed by atoms with Gasteiger partial charge >= 0.3 is 12.1 Å². The highest BCUT2D eigenvalue weighted by atomic mass is 19.4. The van der Waals surface area contributed by atoms with E-state index in [1.54, 1.807) is 4.90 Å². The summed E-state index contributed by atoms with van der Waals surface area (Å²) in [6, 6.07) is 2.08. The van der Waals surface area contributed by atoms with E-state index in [-0.39, 0.29) is 11.7 Å². The first-order chi connectivity index (χ1) is 12.6. The number of unbranched alkanes of at least 4 members (excludes halogenated alkanes) is 1. The van der Waals surface area contributed by atoms with Crippen LogP contribution in [0.25, 0.3) is 0 Å². The minimum Gasteiger partial charge on any atom is -0.480 e. The average molecular weight is 385 g/mol. The molecule has 2 rings (SSSR count). The minimum atomic E-state index is -4.42. The Hall–Kier alpha value is -1.77. The van der Waals surface area contributed by atoms with Crippen molar-refractivity contribution in [1.82, 2.24) is 4.98 Å². The Bertz CT molecular complexity index is 664. The predicted octanol–water partition coefficient (Wildman–Crippen LogP) is 2.63. The van der Waals surface area contributed by atoms with Crippen molar-refractivity contribution in [3.63, 3.8) is 0 Å². The van der Waals surface area contributed by atoms with Gasteiger partial charge in [-0.2, -0.15) is 13.2 Å². The number of nitrogens with zero attached hydrogens (tertiary/aromatic N) is 2. The molecule has 5 nitrogen and oxygen atoms in total. The molecule has 1 aliphatic rings. The van der Waals surface area contributed by atoms with Gasteiger partial charge in [-0.15, -0.1) is 0 Å². The number of carboxylic acids is 1. The summed E-state index contributed by atoms with van der Waals surface area (Å²) in [5.41, 5.74) is 4.57. The number of hydrogen-bond acceptors (Lipinski definition) is 4. The molecule has 150 valence electrons. The van der Waals surface area contributed by atoms with Gasteiger partial charge in [-0.05, 0) is 44.2 Å². The number of piperidine rings is 1. The van der Waals surface area contributed by atoms with Crippen LogP contribution < -0.4 is 10.6 Å². The SMILES string of the molecule is BCCCCC(N)(C(=O)O)C1CCN(c2cc(C(F)(F)F)cc(C)n2)CC1. The van der Waals surface area contributed by atoms with Gasteiger partial charge < -0.3 is 15.7 Å². The normalized spacial score (nSPS) is 18.3. The summed E-state index contributed by atoms with van der Waals surface area (Å²) in [5, 5.41) is 9.65. The number of aromatic nitrogens is 1. The number of aryl methyl sites for hydroxylation is 1. The third-order valence-corrected chi connectivity index (χ3v) is 5.41. The van der Waals surface area contributed by atoms with Gasteiger partial charge in [0.15, 0.2) is 0 Å². The molecular weight excluding hydrogens is 358 g/mol. The lowest BCUT2D eigenvalue weighted by molar-refractivity contribution is -0.146. The third kappa shape index (κ3) is 5.15. The molecule has 1 saturated heterocycles. The number of rotatable bonds is 7. The van der Waals surface area contributed by atoms with Crippen molar-refractivity contribution in [3.05, 3.63) is 23.4 Å². The van der Waals surface area contributed by atoms with Crippen molar-refractivity contribution in [2.45, 2.75) is 57.1 Å². The highest BCUT2D eigenvalue weighted by Crippen LogP contribution is 2.35. The summed E-state index contributed by atoms with van der Waals surface area (Å²) in [5.74, 6) is -0.912. The maximum atomic E-state index is 13.0. The molecule has 27 heavy (non-hydrogen) atoms. The number of carboxylic acid groups (broad SMARTS) is 1. The van der Waals surface area contributed by atoms with Crippen molar-refractivity contribution in [1.29, 1.82) is 0 Å². The quantitative estimate of drug-likeness (QED) is 0.557. The summed E-state index contributed by atoms with van der Waals surface area (Å²) in [6.07, 6.45) is -0.295. The number of halogens is 3. The number of carbonyl (C=O) groups is 1. The van der Waals surface area contributed by atoms with Crippen LogP contribution in [-0.2, 0) is 11.0 Å². The Morgan fingerprint density at radius 3 is 2.48 bits per heavy atom. The Kier molecular flexibility index (Phi) is 6.78. The molecule has 1 aromatic heterocycles. The molecule has 9 heteroatoms. The molecule has 1 fully saturated rings. The topological polar surface area (TPSA) is 79.5 Å². The first kappa shape index (κ1) is 21.5. The molecule has 0 spiro atoms. The zero-order chi connectivity index (χ0) is 20.2. The van der Waals surface area contributed by atoms with Gasteiger partial charge in [0, 0.05) is 18.8 Å². The zero-order valence-electron chi connectivity index (χ0n) is 15.9. The van der Waals surface area contributed by atoms with Crippen LogP contribution in [0.2, 0.25) is 6.32 Å². The van der Waals surface area contributed by atoms with E-state index in [4.69, 9.17) is 5.73 Å². The van der Waals surface area contributed by atoms with Crippen LogP contribution in [0.4, 0.5) is 19.0 Å². The van der Waals surface area contributed by atoms with Gasteiger partial charge in [0.25, 0.3) is 0 Å². The molecule has 0 aromatic carbocycles. The van der Waals surface area contributed by atoms with Crippen molar-refractivity contribution >= 4 is 19.6 Å². The molecule has 0 aliphatic carbocycles. The van der Waals surface area contributed by atoms with Crippen molar-refractivity contribution < 1.29 is 23.1 Å². The standard InChI is InChI=1S/C18H27BF3N3O2/c1-12-10-14(18(20,21)22)11-15(24-12)25-8-4-13(5-9-25)17(23,16(26)27)6-2-3-7-19/h10-11,13H,2-9,19,23H2,1H3,(H,26,27). The fourth-order valence-corrected chi connectivity index (χ4v) is 3.75. The predicted molar refractivity (Wildman–Crippen MR) is 101 cm³/mol. The smallest absolute Gasteiger partial charge is 0.416 e. The Labute approximate surface area is 158 Å². The van der Waals surface area contributed by atoms with E-state index in [1.807, 2.05) is 7.85 Å². The van der Waals surface area contributed by atoms with Crippen LogP contribution in [0, 0.1) is 12.8 Å². The first-order valence-electron chi connectivity index (χ1n) is 9.41. The van der Waals surface area contributed by atoms with Crippen molar-refractivity contribution in [2.24, 2.45) is 11.7 Å². The molecule has 1 unspecified atom stereocenters. The molecule has 0 amide bonds. The highest BCUT2D eigenvalue weighted by molar-refractivity contribution is 6.08. The molecule has 3 N–H and O–H groups in total. The van der Waals surface area contributed by atoms with E-state index in [2.05, 4.69) is 4.98 Å². The van der Waals surface area contributed by atoms with Gasteiger partial charge in [-0.25, -0.2) is 4.98 Å². The Morgan fingerprint density at radius 1 is 1.33 bits per heavy atom. The molecule has 0 bridgehead atoms. The fourth-order valence-electron chi connectivity index (χ4n) is 3.75. The van der Waals surface area contributed by atoms with Gasteiger partial charge in [0.2, 0.25) is 0 Å². The second-order valence-electron chi connectivity index (χ2n) is 7.42. The van der Waals surface area contributed by atoms with Crippen LogP contribution in [0.1, 0.15) is 43.4 Å². The first-order valence-corrected chi connectivity index (χ1v) is 9.41. The minimum absolute atomic E-state index is 0.199. The molecular formula is C18H27BF3N3O2. The van der Waals surface area contributed by atoms with Crippen LogP contribution in [0.15, 0.2) is 12.1 Å².